The molecule has 0 amide bonds. The van der Waals surface area contributed by atoms with Gasteiger partial charge in [0.15, 0.2) is 0 Å². The number of likely N-dealkylation sites (tertiary alicyclic amines) is 1. The molecule has 148 valence electrons. The molecular formula is C20H28BF2NO3. The lowest BCUT2D eigenvalue weighted by molar-refractivity contribution is 0.00578. The maximum absolute atomic E-state index is 15.5. The van der Waals surface area contributed by atoms with Gasteiger partial charge in [0.25, 0.3) is 0 Å². The summed E-state index contributed by atoms with van der Waals surface area (Å²) in [5.74, 6) is -0.366. The molecule has 0 aliphatic carbocycles. The van der Waals surface area contributed by atoms with Gasteiger partial charge in [0.1, 0.15) is 11.5 Å². The van der Waals surface area contributed by atoms with E-state index in [1.54, 1.807) is 12.1 Å². The maximum Gasteiger partial charge on any atom is 0.525 e. The predicted molar refractivity (Wildman–Crippen MR) is 102 cm³/mol. The molecule has 2 fully saturated rings. The summed E-state index contributed by atoms with van der Waals surface area (Å²) in [6.45, 7) is 9.24. The third-order valence-corrected chi connectivity index (χ3v) is 5.88. The predicted octanol–water partition coefficient (Wildman–Crippen LogP) is 3.59. The minimum Gasteiger partial charge on any atom is -0.398 e. The van der Waals surface area contributed by atoms with E-state index in [0.29, 0.717) is 43.6 Å². The first-order valence-corrected chi connectivity index (χ1v) is 9.49. The Morgan fingerprint density at radius 2 is 1.63 bits per heavy atom. The van der Waals surface area contributed by atoms with E-state index in [2.05, 4.69) is 4.90 Å². The van der Waals surface area contributed by atoms with Crippen LogP contribution in [-0.4, -0.2) is 54.1 Å². The normalized spacial score (nSPS) is 24.2. The van der Waals surface area contributed by atoms with Crippen LogP contribution in [0, 0.1) is 5.82 Å². The van der Waals surface area contributed by atoms with Gasteiger partial charge < -0.3 is 14.4 Å². The third kappa shape index (κ3) is 4.42. The highest BCUT2D eigenvalue weighted by molar-refractivity contribution is 6.55. The molecule has 0 radical (unpaired) electrons. The summed E-state index contributed by atoms with van der Waals surface area (Å²) < 4.78 is 40.6. The second-order valence-electron chi connectivity index (χ2n) is 8.43. The highest BCUT2D eigenvalue weighted by atomic mass is 19.1. The van der Waals surface area contributed by atoms with E-state index in [1.807, 2.05) is 27.7 Å². The van der Waals surface area contributed by atoms with Crippen LogP contribution in [0.5, 0.6) is 0 Å². The summed E-state index contributed by atoms with van der Waals surface area (Å²) in [5.41, 5.74) is -0.720. The molecule has 2 saturated heterocycles. The van der Waals surface area contributed by atoms with Crippen LogP contribution in [0.1, 0.15) is 46.1 Å². The number of hydrogen-bond donors (Lipinski definition) is 1. The zero-order valence-electron chi connectivity index (χ0n) is 16.5. The molecule has 7 heteroatoms. The number of benzene rings is 1. The van der Waals surface area contributed by atoms with Crippen molar-refractivity contribution < 1.29 is 23.2 Å². The van der Waals surface area contributed by atoms with Crippen LogP contribution in [0.25, 0.3) is 5.57 Å². The molecule has 0 saturated carbocycles. The Morgan fingerprint density at radius 3 is 2.15 bits per heavy atom. The third-order valence-electron chi connectivity index (χ3n) is 5.88. The molecule has 2 aliphatic rings. The van der Waals surface area contributed by atoms with Crippen LogP contribution in [0.15, 0.2) is 30.0 Å². The van der Waals surface area contributed by atoms with E-state index < -0.39 is 24.0 Å². The summed E-state index contributed by atoms with van der Waals surface area (Å²) in [5, 5.41) is 9.71. The highest BCUT2D eigenvalue weighted by Crippen LogP contribution is 2.40. The van der Waals surface area contributed by atoms with E-state index in [4.69, 9.17) is 9.31 Å². The lowest BCUT2D eigenvalue weighted by atomic mass is 9.82. The number of aliphatic hydroxyl groups excluding tert-OH is 1. The highest BCUT2D eigenvalue weighted by Gasteiger charge is 2.53. The molecule has 3 rings (SSSR count). The summed E-state index contributed by atoms with van der Waals surface area (Å²) >= 11 is 0. The van der Waals surface area contributed by atoms with Crippen LogP contribution in [-0.2, 0) is 9.31 Å². The smallest absolute Gasteiger partial charge is 0.398 e. The largest absolute Gasteiger partial charge is 0.525 e. The Bertz CT molecular complexity index is 682. The van der Waals surface area contributed by atoms with E-state index >= 15 is 4.39 Å². The topological polar surface area (TPSA) is 41.9 Å². The molecule has 0 spiro atoms. The first-order valence-electron chi connectivity index (χ1n) is 9.49. The zero-order chi connectivity index (χ0) is 19.8. The minimum absolute atomic E-state index is 0.299. The van der Waals surface area contributed by atoms with Crippen molar-refractivity contribution in [2.24, 2.45) is 0 Å². The molecule has 1 aromatic rings. The summed E-state index contributed by atoms with van der Waals surface area (Å²) in [6, 6.07) is 5.81. The van der Waals surface area contributed by atoms with Gasteiger partial charge in [-0.2, -0.15) is 0 Å². The van der Waals surface area contributed by atoms with E-state index in [0.717, 1.165) is 0 Å². The monoisotopic (exact) mass is 379 g/mol. The number of piperidine rings is 1. The Kier molecular flexibility index (Phi) is 5.78. The SMILES string of the molecule is CC1(C)OB(C(F)=C(CN2CCC(O)CC2)c2ccc(F)cc2)OC1(C)C. The van der Waals surface area contributed by atoms with Crippen LogP contribution >= 0.6 is 0 Å². The molecule has 0 aromatic heterocycles. The quantitative estimate of drug-likeness (QED) is 0.812. The summed E-state index contributed by atoms with van der Waals surface area (Å²) in [6.07, 6.45) is 1.02. The fraction of sp³-hybridized carbons (Fsp3) is 0.600. The fourth-order valence-corrected chi connectivity index (χ4v) is 3.35. The van der Waals surface area contributed by atoms with Gasteiger partial charge in [-0.25, -0.2) is 8.78 Å². The van der Waals surface area contributed by atoms with Crippen molar-refractivity contribution in [1.82, 2.24) is 4.90 Å². The van der Waals surface area contributed by atoms with Gasteiger partial charge in [-0.05, 0) is 58.2 Å². The van der Waals surface area contributed by atoms with Crippen LogP contribution in [0.2, 0.25) is 0 Å². The summed E-state index contributed by atoms with van der Waals surface area (Å²) in [4.78, 5) is 2.09. The fourth-order valence-electron chi connectivity index (χ4n) is 3.35. The molecule has 1 N–H and O–H groups in total. The molecule has 0 atom stereocenters. The molecular weight excluding hydrogens is 351 g/mol. The first-order chi connectivity index (χ1) is 12.6. The molecule has 1 aromatic carbocycles. The molecule has 0 bridgehead atoms. The average molecular weight is 379 g/mol. The maximum atomic E-state index is 15.5. The minimum atomic E-state index is -1.09. The molecule has 0 unspecified atom stereocenters. The van der Waals surface area contributed by atoms with Crippen molar-refractivity contribution >= 4 is 12.7 Å². The Balaban J connectivity index is 1.91. The first kappa shape index (κ1) is 20.5. The zero-order valence-corrected chi connectivity index (χ0v) is 16.5. The van der Waals surface area contributed by atoms with Gasteiger partial charge in [-0.3, -0.25) is 4.90 Å². The molecule has 2 heterocycles. The number of aliphatic hydroxyl groups is 1. The number of rotatable bonds is 4. The second kappa shape index (κ2) is 7.62. The van der Waals surface area contributed by atoms with E-state index in [-0.39, 0.29) is 11.9 Å². The van der Waals surface area contributed by atoms with Gasteiger partial charge in [0.2, 0.25) is 0 Å². The van der Waals surface area contributed by atoms with Gasteiger partial charge in [-0.1, -0.05) is 12.1 Å². The van der Waals surface area contributed by atoms with Crippen LogP contribution in [0.3, 0.4) is 0 Å². The van der Waals surface area contributed by atoms with Gasteiger partial charge in [0.05, 0.1) is 17.3 Å². The average Bonchev–Trinajstić information content (AvgIpc) is 2.82. The lowest BCUT2D eigenvalue weighted by Crippen LogP contribution is -2.41. The molecule has 4 nitrogen and oxygen atoms in total. The van der Waals surface area contributed by atoms with E-state index in [9.17, 15) is 9.50 Å². The number of halogens is 2. The van der Waals surface area contributed by atoms with Crippen molar-refractivity contribution in [2.75, 3.05) is 19.6 Å². The van der Waals surface area contributed by atoms with Crippen molar-refractivity contribution in [2.45, 2.75) is 57.8 Å². The van der Waals surface area contributed by atoms with Crippen LogP contribution < -0.4 is 0 Å². The second-order valence-corrected chi connectivity index (χ2v) is 8.43. The van der Waals surface area contributed by atoms with Crippen molar-refractivity contribution in [3.8, 4) is 0 Å². The lowest BCUT2D eigenvalue weighted by Gasteiger charge is -2.32. The Labute approximate surface area is 160 Å². The standard InChI is InChI=1S/C20H28BF2NO3/c1-19(2)20(3,4)27-21(26-19)18(23)17(14-5-7-15(22)8-6-14)13-24-11-9-16(25)10-12-24/h5-8,16,25H,9-13H2,1-4H3. The van der Waals surface area contributed by atoms with E-state index in [1.165, 1.54) is 12.1 Å². The number of nitrogens with zero attached hydrogens (tertiary/aromatic N) is 1. The van der Waals surface area contributed by atoms with Gasteiger partial charge in [0, 0.05) is 25.2 Å². The van der Waals surface area contributed by atoms with Gasteiger partial charge >= 0.3 is 7.12 Å². The molecule has 27 heavy (non-hydrogen) atoms. The van der Waals surface area contributed by atoms with Crippen molar-refractivity contribution in [3.05, 3.63) is 41.4 Å². The van der Waals surface area contributed by atoms with Crippen molar-refractivity contribution in [3.63, 3.8) is 0 Å². The Morgan fingerprint density at radius 1 is 1.11 bits per heavy atom. The number of hydrogen-bond acceptors (Lipinski definition) is 4. The van der Waals surface area contributed by atoms with Crippen molar-refractivity contribution in [1.29, 1.82) is 0 Å². The summed E-state index contributed by atoms with van der Waals surface area (Å²) in [7, 11) is -1.09. The molecule has 2 aliphatic heterocycles. The van der Waals surface area contributed by atoms with Crippen LogP contribution in [0.4, 0.5) is 8.78 Å². The van der Waals surface area contributed by atoms with Gasteiger partial charge in [-0.15, -0.1) is 0 Å². The Hall–Kier alpha value is -1.28.